The molecule has 0 unspecified atom stereocenters. The zero-order valence-corrected chi connectivity index (χ0v) is 24.3. The van der Waals surface area contributed by atoms with E-state index in [1.54, 1.807) is 19.2 Å². The van der Waals surface area contributed by atoms with E-state index in [0.29, 0.717) is 14.3 Å². The van der Waals surface area contributed by atoms with Crippen molar-refractivity contribution in [2.75, 3.05) is 32.1 Å². The number of allylic oxidation sites excluding steroid dienone is 2. The lowest BCUT2D eigenvalue weighted by atomic mass is 10.1. The second-order valence-corrected chi connectivity index (χ2v) is 10.8. The van der Waals surface area contributed by atoms with Crippen LogP contribution in [-0.4, -0.2) is 60.3 Å². The van der Waals surface area contributed by atoms with Gasteiger partial charge in [0.1, 0.15) is 6.61 Å². The molecule has 2 aromatic rings. The van der Waals surface area contributed by atoms with E-state index in [2.05, 4.69) is 23.3 Å². The van der Waals surface area contributed by atoms with Gasteiger partial charge in [0, 0.05) is 25.1 Å². The van der Waals surface area contributed by atoms with Gasteiger partial charge in [0.05, 0.1) is 15.0 Å². The molecule has 0 atom stereocenters. The molecule has 5 N–H and O–H groups in total. The highest BCUT2D eigenvalue weighted by Gasteiger charge is 2.15. The van der Waals surface area contributed by atoms with Gasteiger partial charge in [0.25, 0.3) is 5.91 Å². The van der Waals surface area contributed by atoms with Crippen molar-refractivity contribution in [1.29, 1.82) is 0 Å². The quantitative estimate of drug-likeness (QED) is 0.316. The van der Waals surface area contributed by atoms with Crippen LogP contribution in [0.3, 0.4) is 0 Å². The van der Waals surface area contributed by atoms with E-state index in [1.165, 1.54) is 22.6 Å². The van der Waals surface area contributed by atoms with Crippen molar-refractivity contribution >= 4 is 62.9 Å². The standard InChI is InChI=1S/C11H16N2OS.C8H15NO2.C6H5ClN2O2S/c1-3-5-6-7-8-9(4-2)15-11(13-8)10(12)14;1-11-7-8(10)9-5-3-2-4-6-9;7-3-1-2-4(12-3)9-6(11)5(8)10/h3,5H,4,6-7H2,1-2H3,(H2,12,14);2-7H2,1H3;1-2H,(H2,8,10)(H,9,11)/b5-3-;;. The Balaban J connectivity index is 0.000000289. The van der Waals surface area contributed by atoms with Crippen LogP contribution in [0.25, 0.3) is 0 Å². The fourth-order valence-corrected chi connectivity index (χ4v) is 5.10. The fourth-order valence-electron chi connectivity index (χ4n) is 3.26. The molecule has 38 heavy (non-hydrogen) atoms. The Morgan fingerprint density at radius 3 is 2.34 bits per heavy atom. The molecule has 0 aliphatic carbocycles. The summed E-state index contributed by atoms with van der Waals surface area (Å²) in [6.07, 6.45) is 10.4. The number of aromatic nitrogens is 1. The van der Waals surface area contributed by atoms with Crippen LogP contribution in [0, 0.1) is 0 Å². The molecule has 1 saturated heterocycles. The first kappa shape index (κ1) is 33.2. The summed E-state index contributed by atoms with van der Waals surface area (Å²) in [5.74, 6) is -2.15. The Bertz CT molecular complexity index is 1080. The van der Waals surface area contributed by atoms with Crippen molar-refractivity contribution in [2.45, 2.75) is 52.4 Å². The third kappa shape index (κ3) is 12.6. The maximum Gasteiger partial charge on any atom is 0.314 e. The van der Waals surface area contributed by atoms with Crippen LogP contribution >= 0.6 is 34.3 Å². The van der Waals surface area contributed by atoms with Gasteiger partial charge in [0.2, 0.25) is 5.91 Å². The van der Waals surface area contributed by atoms with Crippen molar-refractivity contribution < 1.29 is 23.9 Å². The molecule has 1 fully saturated rings. The Kier molecular flexibility index (Phi) is 16.1. The van der Waals surface area contributed by atoms with Crippen molar-refractivity contribution in [2.24, 2.45) is 11.5 Å². The van der Waals surface area contributed by atoms with Crippen molar-refractivity contribution in [1.82, 2.24) is 9.88 Å². The highest BCUT2D eigenvalue weighted by molar-refractivity contribution is 7.20. The van der Waals surface area contributed by atoms with Crippen LogP contribution in [0.15, 0.2) is 24.3 Å². The van der Waals surface area contributed by atoms with E-state index >= 15 is 0 Å². The minimum atomic E-state index is -1.01. The summed E-state index contributed by atoms with van der Waals surface area (Å²) in [5, 5.41) is 3.22. The molecule has 0 bridgehead atoms. The predicted octanol–water partition coefficient (Wildman–Crippen LogP) is 3.78. The summed E-state index contributed by atoms with van der Waals surface area (Å²) in [6, 6.07) is 3.21. The third-order valence-electron chi connectivity index (χ3n) is 5.10. The van der Waals surface area contributed by atoms with Gasteiger partial charge in [-0.1, -0.05) is 30.7 Å². The second kappa shape index (κ2) is 18.5. The SMILES string of the molecule is C/C=C\CCc1nc(C(N)=O)sc1CC.COCC(=O)N1CCCCC1.NC(=O)C(=O)Nc1ccc(Cl)s1. The number of carbonyl (C=O) groups is 4. The summed E-state index contributed by atoms with van der Waals surface area (Å²) in [7, 11) is 1.56. The monoisotopic (exact) mass is 585 g/mol. The predicted molar refractivity (Wildman–Crippen MR) is 153 cm³/mol. The Morgan fingerprint density at radius 1 is 1.16 bits per heavy atom. The number of nitrogens with one attached hydrogen (secondary N) is 1. The Morgan fingerprint density at radius 2 is 1.84 bits per heavy atom. The van der Waals surface area contributed by atoms with Gasteiger partial charge >= 0.3 is 11.8 Å². The number of thiazole rings is 1. The first-order chi connectivity index (χ1) is 18.1. The summed E-state index contributed by atoms with van der Waals surface area (Å²) in [6.45, 7) is 6.14. The maximum atomic E-state index is 11.2. The summed E-state index contributed by atoms with van der Waals surface area (Å²) >= 11 is 8.15. The molecule has 3 heterocycles. The van der Waals surface area contributed by atoms with Crippen LogP contribution in [-0.2, 0) is 32.0 Å². The smallest absolute Gasteiger partial charge is 0.314 e. The number of primary amides is 2. The number of ether oxygens (including phenoxy) is 1. The van der Waals surface area contributed by atoms with E-state index < -0.39 is 17.7 Å². The number of amides is 4. The zero-order valence-electron chi connectivity index (χ0n) is 22.0. The molecule has 0 radical (unpaired) electrons. The summed E-state index contributed by atoms with van der Waals surface area (Å²) < 4.78 is 5.30. The lowest BCUT2D eigenvalue weighted by molar-refractivity contribution is -0.136. The number of thiophene rings is 1. The molecule has 10 nitrogen and oxygen atoms in total. The van der Waals surface area contributed by atoms with Crippen molar-refractivity contribution in [3.63, 3.8) is 0 Å². The number of halogens is 1. The van der Waals surface area contributed by atoms with Crippen molar-refractivity contribution in [3.05, 3.63) is 44.2 Å². The van der Waals surface area contributed by atoms with Crippen LogP contribution in [0.1, 0.15) is 59.9 Å². The molecular formula is C25H36ClN5O5S2. The van der Waals surface area contributed by atoms with E-state index in [4.69, 9.17) is 27.8 Å². The number of hydrogen-bond donors (Lipinski definition) is 3. The molecule has 3 rings (SSSR count). The normalized spacial score (nSPS) is 12.7. The number of carbonyl (C=O) groups excluding carboxylic acids is 4. The number of methoxy groups -OCH3 is 1. The first-order valence-corrected chi connectivity index (χ1v) is 14.2. The van der Waals surface area contributed by atoms with E-state index in [9.17, 15) is 19.2 Å². The summed E-state index contributed by atoms with van der Waals surface area (Å²) in [5.41, 5.74) is 10.9. The van der Waals surface area contributed by atoms with Crippen LogP contribution in [0.4, 0.5) is 5.00 Å². The lowest BCUT2D eigenvalue weighted by Gasteiger charge is -2.26. The molecule has 0 spiro atoms. The molecule has 0 saturated carbocycles. The number of likely N-dealkylation sites (tertiary alicyclic amines) is 1. The fraction of sp³-hybridized carbons (Fsp3) is 0.480. The highest BCUT2D eigenvalue weighted by Crippen LogP contribution is 2.25. The molecule has 2 aromatic heterocycles. The van der Waals surface area contributed by atoms with E-state index in [0.717, 1.165) is 62.2 Å². The minimum Gasteiger partial charge on any atom is -0.375 e. The molecule has 4 amide bonds. The number of aryl methyl sites for hydroxylation is 2. The zero-order chi connectivity index (χ0) is 28.5. The Labute approximate surface area is 236 Å². The number of piperidine rings is 1. The van der Waals surface area contributed by atoms with Gasteiger partial charge in [-0.15, -0.1) is 22.7 Å². The second-order valence-electron chi connectivity index (χ2n) is 8.01. The topological polar surface area (TPSA) is 158 Å². The van der Waals surface area contributed by atoms with E-state index in [-0.39, 0.29) is 12.5 Å². The minimum absolute atomic E-state index is 0.132. The molecule has 1 aliphatic heterocycles. The van der Waals surface area contributed by atoms with Gasteiger partial charge < -0.3 is 26.4 Å². The number of anilines is 1. The van der Waals surface area contributed by atoms with Gasteiger partial charge in [-0.05, 0) is 57.6 Å². The number of rotatable bonds is 8. The number of nitrogens with two attached hydrogens (primary N) is 2. The van der Waals surface area contributed by atoms with Gasteiger partial charge in [-0.3, -0.25) is 19.2 Å². The Hall–Kier alpha value is -2.80. The molecule has 0 aromatic carbocycles. The molecule has 1 aliphatic rings. The lowest BCUT2D eigenvalue weighted by Crippen LogP contribution is -2.37. The number of hydrogen-bond acceptors (Lipinski definition) is 8. The van der Waals surface area contributed by atoms with Gasteiger partial charge in [-0.25, -0.2) is 4.98 Å². The number of nitrogens with zero attached hydrogens (tertiary/aromatic N) is 2. The van der Waals surface area contributed by atoms with Crippen LogP contribution in [0.2, 0.25) is 4.34 Å². The summed E-state index contributed by atoms with van der Waals surface area (Å²) in [4.78, 5) is 50.5. The van der Waals surface area contributed by atoms with Gasteiger partial charge in [-0.2, -0.15) is 0 Å². The maximum absolute atomic E-state index is 11.2. The molecule has 210 valence electrons. The van der Waals surface area contributed by atoms with Crippen LogP contribution < -0.4 is 16.8 Å². The largest absolute Gasteiger partial charge is 0.375 e. The highest BCUT2D eigenvalue weighted by atomic mass is 35.5. The van der Waals surface area contributed by atoms with Crippen LogP contribution in [0.5, 0.6) is 0 Å². The van der Waals surface area contributed by atoms with Gasteiger partial charge in [0.15, 0.2) is 5.01 Å². The van der Waals surface area contributed by atoms with E-state index in [1.807, 2.05) is 17.9 Å². The third-order valence-corrected chi connectivity index (χ3v) is 7.51. The average molecular weight is 586 g/mol. The van der Waals surface area contributed by atoms with Crippen molar-refractivity contribution in [3.8, 4) is 0 Å². The average Bonchev–Trinajstić information content (AvgIpc) is 3.51. The first-order valence-electron chi connectivity index (χ1n) is 12.1. The molecule has 13 heteroatoms. The molecular weight excluding hydrogens is 550 g/mol.